The van der Waals surface area contributed by atoms with Gasteiger partial charge in [0.2, 0.25) is 0 Å². The van der Waals surface area contributed by atoms with Crippen molar-refractivity contribution in [2.45, 2.75) is 19.8 Å². The van der Waals surface area contributed by atoms with Crippen LogP contribution in [0.4, 0.5) is 0 Å². The fraction of sp³-hybridized carbons (Fsp3) is 0.167. The minimum atomic E-state index is -0.924. The van der Waals surface area contributed by atoms with Crippen LogP contribution in [0.25, 0.3) is 0 Å². The van der Waals surface area contributed by atoms with Gasteiger partial charge in [0.25, 0.3) is 0 Å². The summed E-state index contributed by atoms with van der Waals surface area (Å²) in [6, 6.07) is 13.3. The maximum Gasteiger partial charge on any atom is 0.308 e. The minimum Gasteiger partial charge on any atom is -0.481 e. The van der Waals surface area contributed by atoms with Crippen molar-refractivity contribution >= 4 is 17.7 Å². The number of carbonyl (C=O) groups is 3. The molecule has 0 spiro atoms. The Hall–Kier alpha value is -2.95. The Balaban J connectivity index is 2.38. The van der Waals surface area contributed by atoms with Crippen LogP contribution in [-0.4, -0.2) is 22.8 Å². The molecule has 0 fully saturated rings. The van der Waals surface area contributed by atoms with E-state index in [2.05, 4.69) is 0 Å². The van der Waals surface area contributed by atoms with E-state index < -0.39 is 11.9 Å². The van der Waals surface area contributed by atoms with Gasteiger partial charge in [-0.2, -0.15) is 0 Å². The zero-order chi connectivity index (χ0) is 16.8. The first kappa shape index (κ1) is 16.4. The zero-order valence-corrected chi connectivity index (χ0v) is 12.6. The molecule has 2 aromatic rings. The van der Waals surface area contributed by atoms with Gasteiger partial charge in [-0.05, 0) is 24.1 Å². The molecular formula is C18H16O5. The van der Waals surface area contributed by atoms with Gasteiger partial charge in [0, 0.05) is 18.9 Å². The van der Waals surface area contributed by atoms with E-state index >= 15 is 0 Å². The Morgan fingerprint density at radius 2 is 1.57 bits per heavy atom. The standard InChI is InChI=1S/C18H16O5/c1-12(19)23-16-9-5-4-8-15(16)18(22)14-7-3-2-6-13(14)10-11-17(20)21/h2-9H,10-11H2,1H3,(H,20,21). The summed E-state index contributed by atoms with van der Waals surface area (Å²) in [6.07, 6.45) is 0.197. The molecule has 0 aliphatic carbocycles. The first-order chi connectivity index (χ1) is 11.0. The molecule has 5 heteroatoms. The number of aryl methyl sites for hydroxylation is 1. The molecule has 118 valence electrons. The van der Waals surface area contributed by atoms with Crippen molar-refractivity contribution in [2.75, 3.05) is 0 Å². The number of para-hydroxylation sites is 1. The zero-order valence-electron chi connectivity index (χ0n) is 12.6. The number of carboxylic acids is 1. The van der Waals surface area contributed by atoms with E-state index in [1.54, 1.807) is 48.5 Å². The quantitative estimate of drug-likeness (QED) is 0.504. The molecule has 0 amide bonds. The van der Waals surface area contributed by atoms with Crippen LogP contribution in [0.1, 0.15) is 34.8 Å². The second-order valence-corrected chi connectivity index (χ2v) is 4.97. The average molecular weight is 312 g/mol. The van der Waals surface area contributed by atoms with E-state index in [-0.39, 0.29) is 29.9 Å². The van der Waals surface area contributed by atoms with Crippen molar-refractivity contribution in [2.24, 2.45) is 0 Å². The van der Waals surface area contributed by atoms with Crippen LogP contribution in [0.2, 0.25) is 0 Å². The van der Waals surface area contributed by atoms with Crippen LogP contribution in [-0.2, 0) is 16.0 Å². The van der Waals surface area contributed by atoms with Gasteiger partial charge in [-0.1, -0.05) is 36.4 Å². The summed E-state index contributed by atoms with van der Waals surface area (Å²) in [5.74, 6) is -1.54. The highest BCUT2D eigenvalue weighted by atomic mass is 16.5. The number of carboxylic acid groups (broad SMARTS) is 1. The molecule has 0 aliphatic heterocycles. The summed E-state index contributed by atoms with van der Waals surface area (Å²) in [6.45, 7) is 1.27. The second kappa shape index (κ2) is 7.35. The van der Waals surface area contributed by atoms with Crippen LogP contribution in [0.15, 0.2) is 48.5 Å². The lowest BCUT2D eigenvalue weighted by molar-refractivity contribution is -0.137. The van der Waals surface area contributed by atoms with E-state index in [4.69, 9.17) is 9.84 Å². The molecule has 0 atom stereocenters. The Labute approximate surface area is 133 Å². The molecule has 0 bridgehead atoms. The Bertz CT molecular complexity index is 749. The molecule has 0 unspecified atom stereocenters. The molecular weight excluding hydrogens is 296 g/mol. The van der Waals surface area contributed by atoms with Gasteiger partial charge in [0.15, 0.2) is 5.78 Å². The summed E-state index contributed by atoms with van der Waals surface area (Å²) < 4.78 is 5.07. The number of ketones is 1. The molecule has 0 saturated carbocycles. The predicted octanol–water partition coefficient (Wildman–Crippen LogP) is 2.86. The lowest BCUT2D eigenvalue weighted by atomic mass is 9.95. The first-order valence-electron chi connectivity index (χ1n) is 7.11. The first-order valence-corrected chi connectivity index (χ1v) is 7.11. The van der Waals surface area contributed by atoms with Gasteiger partial charge >= 0.3 is 11.9 Å². The lowest BCUT2D eigenvalue weighted by Gasteiger charge is -2.11. The SMILES string of the molecule is CC(=O)Oc1ccccc1C(=O)c1ccccc1CCC(=O)O. The molecule has 23 heavy (non-hydrogen) atoms. The third-order valence-electron chi connectivity index (χ3n) is 3.26. The van der Waals surface area contributed by atoms with Crippen molar-refractivity contribution < 1.29 is 24.2 Å². The summed E-state index contributed by atoms with van der Waals surface area (Å²) in [4.78, 5) is 34.7. The van der Waals surface area contributed by atoms with E-state index in [1.807, 2.05) is 0 Å². The number of carbonyl (C=O) groups excluding carboxylic acids is 2. The molecule has 5 nitrogen and oxygen atoms in total. The predicted molar refractivity (Wildman–Crippen MR) is 83.6 cm³/mol. The Morgan fingerprint density at radius 1 is 0.957 bits per heavy atom. The fourth-order valence-corrected chi connectivity index (χ4v) is 2.24. The number of ether oxygens (including phenoxy) is 1. The van der Waals surface area contributed by atoms with Crippen molar-refractivity contribution in [3.05, 3.63) is 65.2 Å². The highest BCUT2D eigenvalue weighted by Crippen LogP contribution is 2.24. The molecule has 0 heterocycles. The topological polar surface area (TPSA) is 80.7 Å². The van der Waals surface area contributed by atoms with E-state index in [0.29, 0.717) is 11.1 Å². The van der Waals surface area contributed by atoms with Crippen LogP contribution in [0.5, 0.6) is 5.75 Å². The van der Waals surface area contributed by atoms with Crippen LogP contribution in [0, 0.1) is 0 Å². The van der Waals surface area contributed by atoms with Gasteiger partial charge in [-0.3, -0.25) is 14.4 Å². The van der Waals surface area contributed by atoms with Crippen molar-refractivity contribution in [1.29, 1.82) is 0 Å². The number of hydrogen-bond donors (Lipinski definition) is 1. The highest BCUT2D eigenvalue weighted by Gasteiger charge is 2.18. The third kappa shape index (κ3) is 4.26. The monoisotopic (exact) mass is 312 g/mol. The largest absolute Gasteiger partial charge is 0.481 e. The Kier molecular flexibility index (Phi) is 5.25. The molecule has 0 saturated heterocycles. The van der Waals surface area contributed by atoms with Gasteiger partial charge in [-0.15, -0.1) is 0 Å². The summed E-state index contributed by atoms with van der Waals surface area (Å²) in [5.41, 5.74) is 1.33. The highest BCUT2D eigenvalue weighted by molar-refractivity contribution is 6.11. The van der Waals surface area contributed by atoms with Gasteiger partial charge < -0.3 is 9.84 Å². The lowest BCUT2D eigenvalue weighted by Crippen LogP contribution is -2.11. The van der Waals surface area contributed by atoms with Crippen molar-refractivity contribution in [3.63, 3.8) is 0 Å². The summed E-state index contributed by atoms with van der Waals surface area (Å²) >= 11 is 0. The van der Waals surface area contributed by atoms with E-state index in [1.165, 1.54) is 6.92 Å². The molecule has 2 rings (SSSR count). The van der Waals surface area contributed by atoms with E-state index in [0.717, 1.165) is 0 Å². The van der Waals surface area contributed by atoms with Crippen LogP contribution >= 0.6 is 0 Å². The maximum atomic E-state index is 12.8. The van der Waals surface area contributed by atoms with E-state index in [9.17, 15) is 14.4 Å². The fourth-order valence-electron chi connectivity index (χ4n) is 2.24. The molecule has 0 radical (unpaired) electrons. The van der Waals surface area contributed by atoms with Crippen molar-refractivity contribution in [1.82, 2.24) is 0 Å². The number of rotatable bonds is 6. The van der Waals surface area contributed by atoms with Gasteiger partial charge in [-0.25, -0.2) is 0 Å². The molecule has 2 aromatic carbocycles. The third-order valence-corrected chi connectivity index (χ3v) is 3.26. The smallest absolute Gasteiger partial charge is 0.308 e. The van der Waals surface area contributed by atoms with Crippen LogP contribution in [0.3, 0.4) is 0 Å². The molecule has 0 aliphatic rings. The molecule has 1 N–H and O–H groups in total. The second-order valence-electron chi connectivity index (χ2n) is 4.97. The van der Waals surface area contributed by atoms with Crippen LogP contribution < -0.4 is 4.74 Å². The summed E-state index contributed by atoms with van der Waals surface area (Å²) in [5, 5.41) is 8.82. The van der Waals surface area contributed by atoms with Gasteiger partial charge in [0.05, 0.1) is 5.56 Å². The average Bonchev–Trinajstić information content (AvgIpc) is 2.52. The summed E-state index contributed by atoms with van der Waals surface area (Å²) in [7, 11) is 0. The molecule has 0 aromatic heterocycles. The van der Waals surface area contributed by atoms with Gasteiger partial charge in [0.1, 0.15) is 5.75 Å². The van der Waals surface area contributed by atoms with Crippen molar-refractivity contribution in [3.8, 4) is 5.75 Å². The minimum absolute atomic E-state index is 0.0596. The Morgan fingerprint density at radius 3 is 2.22 bits per heavy atom. The number of aliphatic carboxylic acids is 1. The number of benzene rings is 2. The maximum absolute atomic E-state index is 12.8. The normalized spacial score (nSPS) is 10.1. The number of hydrogen-bond acceptors (Lipinski definition) is 4. The number of esters is 1.